The molecule has 14 heavy (non-hydrogen) atoms. The van der Waals surface area contributed by atoms with Crippen LogP contribution < -0.4 is 0 Å². The molecular weight excluding hydrogens is 190 g/mol. The summed E-state index contributed by atoms with van der Waals surface area (Å²) in [6.07, 6.45) is 6.02. The molecule has 0 amide bonds. The van der Waals surface area contributed by atoms with Gasteiger partial charge in [-0.15, -0.1) is 0 Å². The molecule has 0 saturated carbocycles. The predicted octanol–water partition coefficient (Wildman–Crippen LogP) is 3.48. The van der Waals surface area contributed by atoms with E-state index in [0.717, 1.165) is 12.8 Å². The van der Waals surface area contributed by atoms with Gasteiger partial charge in [0, 0.05) is 0 Å². The fourth-order valence-corrected chi connectivity index (χ4v) is 2.59. The van der Waals surface area contributed by atoms with Crippen molar-refractivity contribution in [2.24, 2.45) is 0 Å². The van der Waals surface area contributed by atoms with Gasteiger partial charge in [0.15, 0.2) is 13.9 Å². The Kier molecular flexibility index (Phi) is 5.10. The second kappa shape index (κ2) is 5.33. The lowest BCUT2D eigenvalue weighted by molar-refractivity contribution is 0.192. The molecule has 3 heteroatoms. The van der Waals surface area contributed by atoms with Gasteiger partial charge in [-0.05, 0) is 39.1 Å². The Bertz CT molecular complexity index is 237. The van der Waals surface area contributed by atoms with Crippen LogP contribution in [0.1, 0.15) is 26.7 Å². The van der Waals surface area contributed by atoms with Crippen LogP contribution in [0.15, 0.2) is 12.2 Å². The van der Waals surface area contributed by atoms with E-state index in [2.05, 4.69) is 32.6 Å². The van der Waals surface area contributed by atoms with Crippen LogP contribution in [0.3, 0.4) is 0 Å². The summed E-state index contributed by atoms with van der Waals surface area (Å²) in [5.41, 5.74) is -0.736. The van der Waals surface area contributed by atoms with Crippen LogP contribution in [-0.2, 0) is 4.43 Å². The summed E-state index contributed by atoms with van der Waals surface area (Å²) in [7, 11) is -1.65. The fourth-order valence-electron chi connectivity index (χ4n) is 1.21. The Morgan fingerprint density at radius 1 is 1.43 bits per heavy atom. The molecule has 0 rings (SSSR count). The first-order chi connectivity index (χ1) is 6.33. The minimum Gasteiger partial charge on any atom is -0.397 e. The molecule has 1 atom stereocenters. The Morgan fingerprint density at radius 2 is 2.00 bits per heavy atom. The van der Waals surface area contributed by atoms with Gasteiger partial charge in [-0.1, -0.05) is 19.4 Å². The van der Waals surface area contributed by atoms with Crippen LogP contribution in [0.5, 0.6) is 0 Å². The Hall–Kier alpha value is -0.593. The van der Waals surface area contributed by atoms with E-state index in [1.54, 1.807) is 0 Å². The van der Waals surface area contributed by atoms with E-state index >= 15 is 0 Å². The van der Waals surface area contributed by atoms with Crippen molar-refractivity contribution in [3.05, 3.63) is 12.2 Å². The van der Waals surface area contributed by atoms with Crippen molar-refractivity contribution in [1.82, 2.24) is 0 Å². The van der Waals surface area contributed by atoms with E-state index in [0.29, 0.717) is 0 Å². The van der Waals surface area contributed by atoms with E-state index in [1.165, 1.54) is 0 Å². The summed E-state index contributed by atoms with van der Waals surface area (Å²) in [5, 5.41) is 9.04. The maximum Gasteiger partial charge on any atom is 0.186 e. The molecule has 0 aliphatic rings. The molecule has 0 aromatic carbocycles. The molecular formula is C11H21NOSi. The highest BCUT2D eigenvalue weighted by molar-refractivity contribution is 6.69. The average Bonchev–Trinajstić information content (AvgIpc) is 2.02. The maximum absolute atomic E-state index is 9.04. The second-order valence-corrected chi connectivity index (χ2v) is 9.05. The average molecular weight is 211 g/mol. The zero-order valence-corrected chi connectivity index (χ0v) is 10.9. The third-order valence-electron chi connectivity index (χ3n) is 1.63. The Labute approximate surface area is 88.7 Å². The lowest BCUT2D eigenvalue weighted by atomic mass is 10.1. The number of hydrogen-bond donors (Lipinski definition) is 0. The van der Waals surface area contributed by atoms with Gasteiger partial charge in [0.25, 0.3) is 0 Å². The van der Waals surface area contributed by atoms with E-state index < -0.39 is 13.9 Å². The second-order valence-electron chi connectivity index (χ2n) is 4.62. The summed E-state index contributed by atoms with van der Waals surface area (Å²) >= 11 is 0. The lowest BCUT2D eigenvalue weighted by Gasteiger charge is -2.27. The van der Waals surface area contributed by atoms with E-state index in [-0.39, 0.29) is 0 Å². The summed E-state index contributed by atoms with van der Waals surface area (Å²) in [5.74, 6) is 0. The summed E-state index contributed by atoms with van der Waals surface area (Å²) in [4.78, 5) is 0. The van der Waals surface area contributed by atoms with Gasteiger partial charge in [-0.25, -0.2) is 0 Å². The molecule has 80 valence electrons. The maximum atomic E-state index is 9.04. The van der Waals surface area contributed by atoms with Crippen molar-refractivity contribution in [3.63, 3.8) is 0 Å². The molecule has 0 unspecified atom stereocenters. The minimum absolute atomic E-state index is 0.736. The quantitative estimate of drug-likeness (QED) is 0.515. The van der Waals surface area contributed by atoms with Crippen molar-refractivity contribution in [3.8, 4) is 6.07 Å². The number of nitrogens with zero attached hydrogens (tertiary/aromatic N) is 1. The number of rotatable bonds is 5. The van der Waals surface area contributed by atoms with Crippen LogP contribution in [0.25, 0.3) is 0 Å². The molecule has 0 N–H and O–H groups in total. The Balaban J connectivity index is 4.43. The third-order valence-corrected chi connectivity index (χ3v) is 2.67. The molecule has 0 aliphatic carbocycles. The lowest BCUT2D eigenvalue weighted by Crippen LogP contribution is -2.38. The predicted molar refractivity (Wildman–Crippen MR) is 62.5 cm³/mol. The van der Waals surface area contributed by atoms with Crippen LogP contribution in [0.4, 0.5) is 0 Å². The normalized spacial score (nSPS) is 16.6. The van der Waals surface area contributed by atoms with Gasteiger partial charge in [0.05, 0.1) is 0 Å². The molecule has 0 saturated heterocycles. The minimum atomic E-state index is -1.65. The standard InChI is InChI=1S/C11H21NOSi/c1-6-7-8-9-11(2,10-12)13-14(3,4)5/h8-9H,6-7H2,1-5H3/b9-8+/t11-/m0/s1. The molecule has 0 aromatic heterocycles. The highest BCUT2D eigenvalue weighted by atomic mass is 28.4. The zero-order valence-electron chi connectivity index (χ0n) is 9.92. The number of nitriles is 1. The monoisotopic (exact) mass is 211 g/mol. The highest BCUT2D eigenvalue weighted by Gasteiger charge is 2.28. The van der Waals surface area contributed by atoms with Gasteiger partial charge in [-0.3, -0.25) is 0 Å². The van der Waals surface area contributed by atoms with Crippen LogP contribution >= 0.6 is 0 Å². The SMILES string of the molecule is CCC/C=C/[C@@](C)(C#N)O[Si](C)(C)C. The molecule has 0 aliphatic heterocycles. The van der Waals surface area contributed by atoms with E-state index in [4.69, 9.17) is 9.69 Å². The smallest absolute Gasteiger partial charge is 0.186 e. The van der Waals surface area contributed by atoms with Crippen LogP contribution in [0.2, 0.25) is 19.6 Å². The molecule has 2 nitrogen and oxygen atoms in total. The number of hydrogen-bond acceptors (Lipinski definition) is 2. The first-order valence-electron chi connectivity index (χ1n) is 5.12. The summed E-state index contributed by atoms with van der Waals surface area (Å²) in [6.45, 7) is 10.2. The van der Waals surface area contributed by atoms with E-state index in [9.17, 15) is 0 Å². The largest absolute Gasteiger partial charge is 0.397 e. The third kappa shape index (κ3) is 5.95. The highest BCUT2D eigenvalue weighted by Crippen LogP contribution is 2.18. The molecule has 0 spiro atoms. The van der Waals surface area contributed by atoms with Gasteiger partial charge in [0.2, 0.25) is 0 Å². The topological polar surface area (TPSA) is 33.0 Å². The van der Waals surface area contributed by atoms with Crippen molar-refractivity contribution in [1.29, 1.82) is 5.26 Å². The van der Waals surface area contributed by atoms with Crippen molar-refractivity contribution in [2.45, 2.75) is 51.9 Å². The van der Waals surface area contributed by atoms with Gasteiger partial charge < -0.3 is 4.43 Å². The van der Waals surface area contributed by atoms with Crippen molar-refractivity contribution in [2.75, 3.05) is 0 Å². The van der Waals surface area contributed by atoms with Gasteiger partial charge in [-0.2, -0.15) is 5.26 Å². The van der Waals surface area contributed by atoms with E-state index in [1.807, 2.05) is 19.1 Å². The number of unbranched alkanes of at least 4 members (excludes halogenated alkanes) is 1. The Morgan fingerprint density at radius 3 is 2.36 bits per heavy atom. The molecule has 0 bridgehead atoms. The molecule has 0 heterocycles. The van der Waals surface area contributed by atoms with Gasteiger partial charge >= 0.3 is 0 Å². The van der Waals surface area contributed by atoms with Gasteiger partial charge in [0.1, 0.15) is 6.07 Å². The number of allylic oxidation sites excluding steroid dienone is 1. The molecule has 0 radical (unpaired) electrons. The zero-order chi connectivity index (χ0) is 11.2. The fraction of sp³-hybridized carbons (Fsp3) is 0.727. The molecule has 0 aromatic rings. The van der Waals surface area contributed by atoms with Crippen LogP contribution in [-0.4, -0.2) is 13.9 Å². The summed E-state index contributed by atoms with van der Waals surface area (Å²) in [6, 6.07) is 2.22. The summed E-state index contributed by atoms with van der Waals surface area (Å²) < 4.78 is 5.81. The first kappa shape index (κ1) is 13.4. The van der Waals surface area contributed by atoms with Crippen molar-refractivity contribution >= 4 is 8.32 Å². The first-order valence-corrected chi connectivity index (χ1v) is 8.53. The molecule has 0 fully saturated rings. The van der Waals surface area contributed by atoms with Crippen molar-refractivity contribution < 1.29 is 4.43 Å². The van der Waals surface area contributed by atoms with Crippen LogP contribution in [0, 0.1) is 11.3 Å².